The SMILES string of the molecule is O=C(CSc1nnc(-c2ccc(Br)cc2)c(-c2ccc(Br)cc2)n1)Nc1ccccc1. The van der Waals surface area contributed by atoms with Gasteiger partial charge in [0.25, 0.3) is 0 Å². The largest absolute Gasteiger partial charge is 0.325 e. The molecule has 4 aromatic rings. The Kier molecular flexibility index (Phi) is 7.11. The minimum Gasteiger partial charge on any atom is -0.325 e. The highest BCUT2D eigenvalue weighted by atomic mass is 79.9. The van der Waals surface area contributed by atoms with E-state index in [1.807, 2.05) is 78.9 Å². The van der Waals surface area contributed by atoms with Gasteiger partial charge < -0.3 is 5.32 Å². The summed E-state index contributed by atoms with van der Waals surface area (Å²) in [6, 6.07) is 25.1. The smallest absolute Gasteiger partial charge is 0.234 e. The maximum absolute atomic E-state index is 12.3. The van der Waals surface area contributed by atoms with Crippen LogP contribution in [0.2, 0.25) is 0 Å². The molecular formula is C23H16Br2N4OS. The monoisotopic (exact) mass is 554 g/mol. The number of thioether (sulfide) groups is 1. The molecule has 154 valence electrons. The molecule has 0 atom stereocenters. The molecule has 0 aliphatic carbocycles. The number of amides is 1. The molecule has 1 N–H and O–H groups in total. The number of rotatable bonds is 6. The van der Waals surface area contributed by atoms with Crippen LogP contribution >= 0.6 is 43.6 Å². The minimum atomic E-state index is -0.123. The number of para-hydroxylation sites is 1. The summed E-state index contributed by atoms with van der Waals surface area (Å²) in [4.78, 5) is 17.0. The standard InChI is InChI=1S/C23H16Br2N4OS/c24-17-10-6-15(7-11-17)21-22(16-8-12-18(25)13-9-16)28-29-23(27-21)31-14-20(30)26-19-4-2-1-3-5-19/h1-13H,14H2,(H,26,30). The van der Waals surface area contributed by atoms with Crippen LogP contribution < -0.4 is 5.32 Å². The van der Waals surface area contributed by atoms with E-state index in [2.05, 4.69) is 47.4 Å². The van der Waals surface area contributed by atoms with Gasteiger partial charge in [-0.2, -0.15) is 0 Å². The number of halogens is 2. The maximum atomic E-state index is 12.3. The predicted octanol–water partition coefficient (Wildman–Crippen LogP) is 6.46. The summed E-state index contributed by atoms with van der Waals surface area (Å²) in [7, 11) is 0. The zero-order valence-corrected chi connectivity index (χ0v) is 20.1. The van der Waals surface area contributed by atoms with E-state index in [9.17, 15) is 4.79 Å². The molecular weight excluding hydrogens is 540 g/mol. The van der Waals surface area contributed by atoms with E-state index >= 15 is 0 Å². The van der Waals surface area contributed by atoms with Crippen molar-refractivity contribution < 1.29 is 4.79 Å². The zero-order valence-electron chi connectivity index (χ0n) is 16.1. The quantitative estimate of drug-likeness (QED) is 0.276. The van der Waals surface area contributed by atoms with Crippen molar-refractivity contribution in [2.75, 3.05) is 11.1 Å². The van der Waals surface area contributed by atoms with Crippen LogP contribution in [0.25, 0.3) is 22.5 Å². The van der Waals surface area contributed by atoms with Gasteiger partial charge in [0.1, 0.15) is 11.4 Å². The van der Waals surface area contributed by atoms with Crippen molar-refractivity contribution in [2.45, 2.75) is 5.16 Å². The van der Waals surface area contributed by atoms with Gasteiger partial charge >= 0.3 is 0 Å². The number of benzene rings is 3. The fraction of sp³-hybridized carbons (Fsp3) is 0.0435. The fourth-order valence-corrected chi connectivity index (χ4v) is 3.95. The first-order valence-corrected chi connectivity index (χ1v) is 11.9. The number of anilines is 1. The van der Waals surface area contributed by atoms with Crippen LogP contribution in [0.5, 0.6) is 0 Å². The Morgan fingerprint density at radius 3 is 1.97 bits per heavy atom. The molecule has 8 heteroatoms. The lowest BCUT2D eigenvalue weighted by Crippen LogP contribution is -2.14. The number of carbonyl (C=O) groups is 1. The summed E-state index contributed by atoms with van der Waals surface area (Å²) >= 11 is 8.18. The van der Waals surface area contributed by atoms with Crippen LogP contribution in [-0.4, -0.2) is 26.8 Å². The van der Waals surface area contributed by atoms with Crippen LogP contribution in [-0.2, 0) is 4.79 Å². The van der Waals surface area contributed by atoms with E-state index in [4.69, 9.17) is 4.98 Å². The van der Waals surface area contributed by atoms with E-state index in [0.717, 1.165) is 31.5 Å². The van der Waals surface area contributed by atoms with Crippen LogP contribution in [0.4, 0.5) is 5.69 Å². The average molecular weight is 556 g/mol. The van der Waals surface area contributed by atoms with Gasteiger partial charge in [0, 0.05) is 25.8 Å². The Morgan fingerprint density at radius 1 is 0.774 bits per heavy atom. The van der Waals surface area contributed by atoms with Crippen molar-refractivity contribution in [3.05, 3.63) is 87.8 Å². The number of carbonyl (C=O) groups excluding carboxylic acids is 1. The molecule has 1 aromatic heterocycles. The normalized spacial score (nSPS) is 10.6. The molecule has 0 unspecified atom stereocenters. The Hall–Kier alpha value is -2.55. The van der Waals surface area contributed by atoms with Crippen molar-refractivity contribution in [2.24, 2.45) is 0 Å². The number of nitrogens with one attached hydrogen (secondary N) is 1. The van der Waals surface area contributed by atoms with Crippen molar-refractivity contribution in [1.29, 1.82) is 0 Å². The topological polar surface area (TPSA) is 67.8 Å². The van der Waals surface area contributed by atoms with E-state index in [1.165, 1.54) is 11.8 Å². The molecule has 0 saturated carbocycles. The molecule has 1 heterocycles. The summed E-state index contributed by atoms with van der Waals surface area (Å²) in [5, 5.41) is 12.0. The molecule has 0 aliphatic rings. The Bertz CT molecular complexity index is 1190. The molecule has 5 nitrogen and oxygen atoms in total. The fourth-order valence-electron chi connectivity index (χ4n) is 2.83. The predicted molar refractivity (Wildman–Crippen MR) is 132 cm³/mol. The first-order valence-electron chi connectivity index (χ1n) is 9.33. The summed E-state index contributed by atoms with van der Waals surface area (Å²) < 4.78 is 1.97. The van der Waals surface area contributed by atoms with Gasteiger partial charge in [-0.3, -0.25) is 4.79 Å². The van der Waals surface area contributed by atoms with Crippen molar-refractivity contribution in [1.82, 2.24) is 15.2 Å². The van der Waals surface area contributed by atoms with Gasteiger partial charge in [0.15, 0.2) is 0 Å². The second-order valence-electron chi connectivity index (χ2n) is 6.51. The summed E-state index contributed by atoms with van der Waals surface area (Å²) in [5.74, 6) is 0.0653. The van der Waals surface area contributed by atoms with E-state index in [-0.39, 0.29) is 11.7 Å². The molecule has 1 amide bonds. The Morgan fingerprint density at radius 2 is 1.35 bits per heavy atom. The number of hydrogen-bond donors (Lipinski definition) is 1. The maximum Gasteiger partial charge on any atom is 0.234 e. The van der Waals surface area contributed by atoms with Gasteiger partial charge in [-0.15, -0.1) is 10.2 Å². The highest BCUT2D eigenvalue weighted by molar-refractivity contribution is 9.10. The molecule has 4 rings (SSSR count). The van der Waals surface area contributed by atoms with Gasteiger partial charge in [-0.05, 0) is 36.4 Å². The van der Waals surface area contributed by atoms with E-state index in [1.54, 1.807) is 0 Å². The third-order valence-corrected chi connectivity index (χ3v) is 6.19. The summed E-state index contributed by atoms with van der Waals surface area (Å²) in [5.41, 5.74) is 4.00. The van der Waals surface area contributed by atoms with Gasteiger partial charge in [-0.1, -0.05) is 86.1 Å². The molecule has 0 bridgehead atoms. The van der Waals surface area contributed by atoms with Crippen LogP contribution in [0.1, 0.15) is 0 Å². The Balaban J connectivity index is 1.59. The number of hydrogen-bond acceptors (Lipinski definition) is 5. The molecule has 0 radical (unpaired) electrons. The molecule has 0 aliphatic heterocycles. The first kappa shape index (κ1) is 21.7. The summed E-state index contributed by atoms with van der Waals surface area (Å²) in [6.45, 7) is 0. The second kappa shape index (κ2) is 10.2. The molecule has 0 saturated heterocycles. The molecule has 0 spiro atoms. The lowest BCUT2D eigenvalue weighted by molar-refractivity contribution is -0.113. The lowest BCUT2D eigenvalue weighted by Gasteiger charge is -2.10. The van der Waals surface area contributed by atoms with Crippen LogP contribution in [0.15, 0.2) is 93.0 Å². The van der Waals surface area contributed by atoms with Crippen molar-refractivity contribution in [3.8, 4) is 22.5 Å². The molecule has 3 aromatic carbocycles. The third-order valence-electron chi connectivity index (χ3n) is 4.29. The Labute approximate surface area is 201 Å². The van der Waals surface area contributed by atoms with Gasteiger partial charge in [0.2, 0.25) is 11.1 Å². The van der Waals surface area contributed by atoms with Gasteiger partial charge in [-0.25, -0.2) is 4.98 Å². The van der Waals surface area contributed by atoms with Crippen molar-refractivity contribution >= 4 is 55.2 Å². The average Bonchev–Trinajstić information content (AvgIpc) is 2.79. The minimum absolute atomic E-state index is 0.123. The zero-order chi connectivity index (χ0) is 21.6. The molecule has 0 fully saturated rings. The van der Waals surface area contributed by atoms with Crippen LogP contribution in [0.3, 0.4) is 0 Å². The van der Waals surface area contributed by atoms with Gasteiger partial charge in [0.05, 0.1) is 5.75 Å². The van der Waals surface area contributed by atoms with Crippen LogP contribution in [0, 0.1) is 0 Å². The lowest BCUT2D eigenvalue weighted by atomic mass is 10.0. The van der Waals surface area contributed by atoms with E-state index in [0.29, 0.717) is 10.9 Å². The summed E-state index contributed by atoms with van der Waals surface area (Å²) in [6.07, 6.45) is 0. The number of aromatic nitrogens is 3. The first-order chi connectivity index (χ1) is 15.1. The highest BCUT2D eigenvalue weighted by Gasteiger charge is 2.15. The third kappa shape index (κ3) is 5.78. The number of nitrogens with zero attached hydrogens (tertiary/aromatic N) is 3. The molecule has 31 heavy (non-hydrogen) atoms. The van der Waals surface area contributed by atoms with Crippen molar-refractivity contribution in [3.63, 3.8) is 0 Å². The highest BCUT2D eigenvalue weighted by Crippen LogP contribution is 2.31. The van der Waals surface area contributed by atoms with E-state index < -0.39 is 0 Å². The second-order valence-corrected chi connectivity index (χ2v) is 9.28.